The van der Waals surface area contributed by atoms with Crippen molar-refractivity contribution in [3.05, 3.63) is 117 Å². The number of carbonyl (C=O) groups excluding carboxylic acids is 2. The second kappa shape index (κ2) is 12.4. The van der Waals surface area contributed by atoms with Crippen LogP contribution in [0.25, 0.3) is 5.69 Å². The highest BCUT2D eigenvalue weighted by molar-refractivity contribution is 7.99. The minimum Gasteiger partial charge on any atom is -0.459 e. The molecule has 2 aromatic carbocycles. The molecule has 3 aromatic heterocycles. The predicted molar refractivity (Wildman–Crippen MR) is 168 cm³/mol. The van der Waals surface area contributed by atoms with Crippen molar-refractivity contribution in [1.82, 2.24) is 25.1 Å². The third kappa shape index (κ3) is 6.04. The van der Waals surface area contributed by atoms with Crippen LogP contribution in [0.1, 0.15) is 56.0 Å². The van der Waals surface area contributed by atoms with Gasteiger partial charge in [-0.1, -0.05) is 59.8 Å². The molecule has 0 saturated carbocycles. The number of carbonyl (C=O) groups is 2. The van der Waals surface area contributed by atoms with E-state index in [2.05, 4.69) is 39.8 Å². The smallest absolute Gasteiger partial charge is 0.287 e. The fraction of sp³-hybridized carbons (Fsp3) is 0.219. The average Bonchev–Trinajstić information content (AvgIpc) is 3.83. The van der Waals surface area contributed by atoms with E-state index in [1.807, 2.05) is 61.1 Å². The fourth-order valence-corrected chi connectivity index (χ4v) is 6.49. The maximum atomic E-state index is 13.8. The normalized spacial score (nSPS) is 14.6. The van der Waals surface area contributed by atoms with Crippen LogP contribution in [0.5, 0.6) is 0 Å². The molecule has 1 aliphatic rings. The Morgan fingerprint density at radius 2 is 1.86 bits per heavy atom. The topological polar surface area (TPSA) is 106 Å². The number of hydrazone groups is 1. The minimum atomic E-state index is -0.347. The summed E-state index contributed by atoms with van der Waals surface area (Å²) in [7, 11) is 0. The van der Waals surface area contributed by atoms with Crippen LogP contribution in [0, 0.1) is 20.8 Å². The summed E-state index contributed by atoms with van der Waals surface area (Å²) in [5.41, 5.74) is 6.17. The van der Waals surface area contributed by atoms with E-state index < -0.39 is 0 Å². The summed E-state index contributed by atoms with van der Waals surface area (Å²) < 4.78 is 7.13. The number of furan rings is 1. The average molecular weight is 611 g/mol. The summed E-state index contributed by atoms with van der Waals surface area (Å²) in [6, 6.07) is 21.4. The van der Waals surface area contributed by atoms with Gasteiger partial charge in [0.1, 0.15) is 0 Å². The third-order valence-electron chi connectivity index (χ3n) is 7.43. The highest BCUT2D eigenvalue weighted by atomic mass is 32.2. The molecule has 0 saturated heterocycles. The van der Waals surface area contributed by atoms with Gasteiger partial charge in [-0.15, -0.1) is 21.5 Å². The SMILES string of the molecule is Cc1ccc([C@H]2CC(c3cccs3)=NN2C(=O)CSc2nnc(CNC(=O)c3ccco3)n2-c2cccc(C)c2C)cc1. The second-order valence-corrected chi connectivity index (χ2v) is 12.2. The number of nitrogens with zero attached hydrogens (tertiary/aromatic N) is 5. The maximum absolute atomic E-state index is 13.8. The quantitative estimate of drug-likeness (QED) is 0.198. The van der Waals surface area contributed by atoms with Gasteiger partial charge in [-0.3, -0.25) is 14.2 Å². The molecule has 1 aliphatic heterocycles. The number of nitrogens with one attached hydrogen (secondary N) is 1. The molecule has 2 amide bonds. The van der Waals surface area contributed by atoms with E-state index in [0.29, 0.717) is 17.4 Å². The van der Waals surface area contributed by atoms with Crippen LogP contribution >= 0.6 is 23.1 Å². The molecule has 5 aromatic rings. The summed E-state index contributed by atoms with van der Waals surface area (Å²) >= 11 is 2.93. The molecule has 0 unspecified atom stereocenters. The number of amides is 2. The first-order chi connectivity index (χ1) is 20.9. The van der Waals surface area contributed by atoms with Crippen LogP contribution in [-0.4, -0.2) is 43.1 Å². The lowest BCUT2D eigenvalue weighted by atomic mass is 10.00. The van der Waals surface area contributed by atoms with Crippen LogP contribution < -0.4 is 5.32 Å². The Morgan fingerprint density at radius 3 is 2.60 bits per heavy atom. The van der Waals surface area contributed by atoms with Gasteiger partial charge in [0, 0.05) is 6.42 Å². The van der Waals surface area contributed by atoms with Crippen molar-refractivity contribution < 1.29 is 14.0 Å². The summed E-state index contributed by atoms with van der Waals surface area (Å²) in [5.74, 6) is 0.408. The van der Waals surface area contributed by atoms with Gasteiger partial charge in [0.2, 0.25) is 0 Å². The number of hydrogen-bond donors (Lipinski definition) is 1. The van der Waals surface area contributed by atoms with Crippen molar-refractivity contribution in [1.29, 1.82) is 0 Å². The first kappa shape index (κ1) is 28.6. The number of rotatable bonds is 9. The molecule has 0 spiro atoms. The molecule has 9 nitrogen and oxygen atoms in total. The molecule has 218 valence electrons. The summed E-state index contributed by atoms with van der Waals surface area (Å²) in [5, 5.41) is 20.7. The fourth-order valence-electron chi connectivity index (χ4n) is 4.95. The van der Waals surface area contributed by atoms with Gasteiger partial charge in [0.25, 0.3) is 11.8 Å². The van der Waals surface area contributed by atoms with Crippen LogP contribution in [-0.2, 0) is 11.3 Å². The van der Waals surface area contributed by atoms with Crippen LogP contribution in [0.15, 0.2) is 93.0 Å². The van der Waals surface area contributed by atoms with E-state index >= 15 is 0 Å². The van der Waals surface area contributed by atoms with Crippen molar-refractivity contribution in [2.75, 3.05) is 5.75 Å². The lowest BCUT2D eigenvalue weighted by Crippen LogP contribution is -2.28. The molecule has 0 bridgehead atoms. The Bertz CT molecular complexity index is 1780. The molecule has 11 heteroatoms. The van der Waals surface area contributed by atoms with Crippen LogP contribution in [0.4, 0.5) is 0 Å². The molecular weight excluding hydrogens is 581 g/mol. The van der Waals surface area contributed by atoms with E-state index in [1.165, 1.54) is 18.0 Å². The van der Waals surface area contributed by atoms with Crippen molar-refractivity contribution >= 4 is 40.6 Å². The molecule has 4 heterocycles. The summed E-state index contributed by atoms with van der Waals surface area (Å²) in [6.45, 7) is 6.26. The largest absolute Gasteiger partial charge is 0.459 e. The number of hydrogen-bond acceptors (Lipinski definition) is 8. The number of thioether (sulfide) groups is 1. The van der Waals surface area contributed by atoms with Gasteiger partial charge in [0.05, 0.1) is 40.9 Å². The van der Waals surface area contributed by atoms with Gasteiger partial charge < -0.3 is 9.73 Å². The molecule has 1 atom stereocenters. The standard InChI is InChI=1S/C32H30N6O3S2/c1-20-11-13-23(14-12-20)26-17-24(28-10-6-16-42-28)36-38(26)30(39)19-43-32-35-34-29(18-33-31(40)27-9-5-15-41-27)37(32)25-8-4-7-21(2)22(25)3/h4-16,26H,17-19H2,1-3H3,(H,33,40)/t26-/m1/s1. The van der Waals surface area contributed by atoms with Crippen LogP contribution in [0.2, 0.25) is 0 Å². The Morgan fingerprint density at radius 1 is 1.02 bits per heavy atom. The highest BCUT2D eigenvalue weighted by Gasteiger charge is 2.33. The number of aryl methyl sites for hydroxylation is 2. The first-order valence-corrected chi connectivity index (χ1v) is 15.7. The zero-order valence-corrected chi connectivity index (χ0v) is 25.6. The van der Waals surface area contributed by atoms with Gasteiger partial charge >= 0.3 is 0 Å². The number of aromatic nitrogens is 3. The molecule has 0 aliphatic carbocycles. The van der Waals surface area contributed by atoms with Crippen LogP contribution in [0.3, 0.4) is 0 Å². The molecule has 43 heavy (non-hydrogen) atoms. The van der Waals surface area contributed by atoms with Gasteiger partial charge in [-0.2, -0.15) is 5.10 Å². The third-order valence-corrected chi connectivity index (χ3v) is 9.26. The van der Waals surface area contributed by atoms with Crippen molar-refractivity contribution in [3.8, 4) is 5.69 Å². The van der Waals surface area contributed by atoms with E-state index in [1.54, 1.807) is 28.5 Å². The Hall–Kier alpha value is -4.48. The Balaban J connectivity index is 1.26. The monoisotopic (exact) mass is 610 g/mol. The molecule has 6 rings (SSSR count). The first-order valence-electron chi connectivity index (χ1n) is 13.8. The van der Waals surface area contributed by atoms with E-state index in [9.17, 15) is 9.59 Å². The number of benzene rings is 2. The maximum Gasteiger partial charge on any atom is 0.287 e. The second-order valence-electron chi connectivity index (χ2n) is 10.3. The van der Waals surface area contributed by atoms with Crippen molar-refractivity contribution in [3.63, 3.8) is 0 Å². The lowest BCUT2D eigenvalue weighted by Gasteiger charge is -2.22. The molecule has 0 radical (unpaired) electrons. The molecule has 0 fully saturated rings. The van der Waals surface area contributed by atoms with E-state index in [4.69, 9.17) is 9.52 Å². The number of thiophene rings is 1. The Labute approximate surface area is 257 Å². The zero-order valence-electron chi connectivity index (χ0n) is 24.0. The lowest BCUT2D eigenvalue weighted by molar-refractivity contribution is -0.130. The zero-order chi connectivity index (χ0) is 29.9. The van der Waals surface area contributed by atoms with Crippen molar-refractivity contribution in [2.24, 2.45) is 5.10 Å². The predicted octanol–water partition coefficient (Wildman–Crippen LogP) is 6.25. The summed E-state index contributed by atoms with van der Waals surface area (Å²) in [4.78, 5) is 27.4. The highest BCUT2D eigenvalue weighted by Crippen LogP contribution is 2.35. The minimum absolute atomic E-state index is 0.116. The van der Waals surface area contributed by atoms with Gasteiger partial charge in [-0.25, -0.2) is 5.01 Å². The molecular formula is C32H30N6O3S2. The van der Waals surface area contributed by atoms with Gasteiger partial charge in [-0.05, 0) is 67.1 Å². The summed E-state index contributed by atoms with van der Waals surface area (Å²) in [6.07, 6.45) is 2.11. The van der Waals surface area contributed by atoms with E-state index in [-0.39, 0.29) is 35.9 Å². The van der Waals surface area contributed by atoms with Gasteiger partial charge in [0.15, 0.2) is 16.7 Å². The molecule has 1 N–H and O–H groups in total. The van der Waals surface area contributed by atoms with E-state index in [0.717, 1.165) is 38.5 Å². The Kier molecular flexibility index (Phi) is 8.26. The van der Waals surface area contributed by atoms with Crippen molar-refractivity contribution in [2.45, 2.75) is 44.9 Å².